The van der Waals surface area contributed by atoms with Crippen LogP contribution >= 0.6 is 11.6 Å². The van der Waals surface area contributed by atoms with Gasteiger partial charge in [-0.25, -0.2) is 9.97 Å². The second-order valence-corrected chi connectivity index (χ2v) is 8.22. The molecule has 0 aliphatic carbocycles. The van der Waals surface area contributed by atoms with Gasteiger partial charge in [-0.05, 0) is 50.1 Å². The van der Waals surface area contributed by atoms with Crippen LogP contribution in [0.5, 0.6) is 0 Å². The molecule has 2 aromatic carbocycles. The zero-order chi connectivity index (χ0) is 23.4. The first-order valence-electron chi connectivity index (χ1n) is 10.7. The Kier molecular flexibility index (Phi) is 6.86. The number of amides is 1. The highest BCUT2D eigenvalue weighted by Crippen LogP contribution is 2.27. The molecule has 9 heteroatoms. The Morgan fingerprint density at radius 3 is 2.70 bits per heavy atom. The second-order valence-electron chi connectivity index (χ2n) is 7.79. The SMILES string of the molecule is CC(C)OCCCNC(=O)c1c(N)n(/N=C\c2cccc(Cl)c2)c2nc3ccccc3nc12. The van der Waals surface area contributed by atoms with Crippen LogP contribution in [0.2, 0.25) is 5.02 Å². The number of aromatic nitrogens is 3. The van der Waals surface area contributed by atoms with E-state index in [1.54, 1.807) is 18.3 Å². The van der Waals surface area contributed by atoms with Crippen LogP contribution in [0.1, 0.15) is 36.2 Å². The number of anilines is 1. The molecule has 0 bridgehead atoms. The lowest BCUT2D eigenvalue weighted by Crippen LogP contribution is -2.26. The van der Waals surface area contributed by atoms with Gasteiger partial charge >= 0.3 is 0 Å². The molecule has 0 saturated carbocycles. The predicted molar refractivity (Wildman–Crippen MR) is 132 cm³/mol. The number of carbonyl (C=O) groups is 1. The first kappa shape index (κ1) is 22.7. The largest absolute Gasteiger partial charge is 0.383 e. The second kappa shape index (κ2) is 9.97. The van der Waals surface area contributed by atoms with E-state index in [9.17, 15) is 4.79 Å². The van der Waals surface area contributed by atoms with Crippen LogP contribution in [0.3, 0.4) is 0 Å². The van der Waals surface area contributed by atoms with Gasteiger partial charge < -0.3 is 15.8 Å². The number of hydrogen-bond donors (Lipinski definition) is 2. The van der Waals surface area contributed by atoms with Crippen molar-refractivity contribution >= 4 is 51.7 Å². The maximum atomic E-state index is 13.1. The van der Waals surface area contributed by atoms with Crippen LogP contribution in [0.25, 0.3) is 22.2 Å². The highest BCUT2D eigenvalue weighted by atomic mass is 35.5. The number of halogens is 1. The molecule has 4 rings (SSSR count). The van der Waals surface area contributed by atoms with Gasteiger partial charge in [0, 0.05) is 18.2 Å². The van der Waals surface area contributed by atoms with Gasteiger partial charge in [-0.1, -0.05) is 35.9 Å². The van der Waals surface area contributed by atoms with Gasteiger partial charge in [-0.3, -0.25) is 4.79 Å². The molecule has 0 atom stereocenters. The lowest BCUT2D eigenvalue weighted by atomic mass is 10.2. The number of carbonyl (C=O) groups excluding carboxylic acids is 1. The average Bonchev–Trinajstić information content (AvgIpc) is 3.05. The smallest absolute Gasteiger partial charge is 0.257 e. The molecular formula is C24H25ClN6O2. The minimum absolute atomic E-state index is 0.148. The number of ether oxygens (including phenoxy) is 1. The van der Waals surface area contributed by atoms with Crippen molar-refractivity contribution in [1.29, 1.82) is 0 Å². The molecule has 0 fully saturated rings. The topological polar surface area (TPSA) is 107 Å². The number of para-hydroxylation sites is 2. The molecule has 4 aromatic rings. The molecule has 0 radical (unpaired) electrons. The molecule has 0 aliphatic rings. The Labute approximate surface area is 196 Å². The van der Waals surface area contributed by atoms with Crippen molar-refractivity contribution in [3.63, 3.8) is 0 Å². The summed E-state index contributed by atoms with van der Waals surface area (Å²) in [5.41, 5.74) is 9.58. The van der Waals surface area contributed by atoms with E-state index in [0.29, 0.717) is 46.8 Å². The third-order valence-electron chi connectivity index (χ3n) is 4.93. The zero-order valence-corrected chi connectivity index (χ0v) is 19.2. The minimum Gasteiger partial charge on any atom is -0.383 e. The highest BCUT2D eigenvalue weighted by molar-refractivity contribution is 6.30. The summed E-state index contributed by atoms with van der Waals surface area (Å²) in [6, 6.07) is 14.7. The molecule has 8 nitrogen and oxygen atoms in total. The Balaban J connectivity index is 1.72. The molecule has 0 spiro atoms. The fraction of sp³-hybridized carbons (Fsp3) is 0.250. The van der Waals surface area contributed by atoms with E-state index in [2.05, 4.69) is 20.4 Å². The van der Waals surface area contributed by atoms with Crippen LogP contribution in [0, 0.1) is 0 Å². The summed E-state index contributed by atoms with van der Waals surface area (Å²) < 4.78 is 6.96. The van der Waals surface area contributed by atoms with Crippen LogP contribution < -0.4 is 11.1 Å². The number of nitrogens with two attached hydrogens (primary N) is 1. The van der Waals surface area contributed by atoms with Crippen LogP contribution in [0.15, 0.2) is 53.6 Å². The fourth-order valence-corrected chi connectivity index (χ4v) is 3.58. The molecule has 0 saturated heterocycles. The third-order valence-corrected chi connectivity index (χ3v) is 5.16. The summed E-state index contributed by atoms with van der Waals surface area (Å²) in [7, 11) is 0. The molecule has 3 N–H and O–H groups in total. The minimum atomic E-state index is -0.330. The van der Waals surface area contributed by atoms with Crippen LogP contribution in [-0.4, -0.2) is 46.0 Å². The van der Waals surface area contributed by atoms with E-state index in [-0.39, 0.29) is 23.4 Å². The van der Waals surface area contributed by atoms with E-state index in [4.69, 9.17) is 22.1 Å². The highest BCUT2D eigenvalue weighted by Gasteiger charge is 2.23. The fourth-order valence-electron chi connectivity index (χ4n) is 3.38. The molecule has 2 aromatic heterocycles. The van der Waals surface area contributed by atoms with E-state index in [1.807, 2.05) is 50.2 Å². The predicted octanol–water partition coefficient (Wildman–Crippen LogP) is 4.25. The number of fused-ring (bicyclic) bond motifs is 2. The number of nitrogens with one attached hydrogen (secondary N) is 1. The molecule has 1 amide bonds. The molecule has 33 heavy (non-hydrogen) atoms. The van der Waals surface area contributed by atoms with Crippen molar-refractivity contribution in [2.45, 2.75) is 26.4 Å². The summed E-state index contributed by atoms with van der Waals surface area (Å²) in [5.74, 6) is -0.169. The number of benzene rings is 2. The number of rotatable bonds is 8. The summed E-state index contributed by atoms with van der Waals surface area (Å²) >= 11 is 6.07. The number of nitrogen functional groups attached to an aromatic ring is 1. The van der Waals surface area contributed by atoms with Crippen molar-refractivity contribution in [3.05, 3.63) is 64.7 Å². The van der Waals surface area contributed by atoms with Gasteiger partial charge in [-0.15, -0.1) is 0 Å². The van der Waals surface area contributed by atoms with Crippen molar-refractivity contribution in [2.24, 2.45) is 5.10 Å². The normalized spacial score (nSPS) is 11.8. The van der Waals surface area contributed by atoms with Crippen molar-refractivity contribution in [2.75, 3.05) is 18.9 Å². The van der Waals surface area contributed by atoms with Crippen molar-refractivity contribution in [3.8, 4) is 0 Å². The molecule has 0 unspecified atom stereocenters. The maximum Gasteiger partial charge on any atom is 0.257 e. The zero-order valence-electron chi connectivity index (χ0n) is 18.5. The Morgan fingerprint density at radius 1 is 1.21 bits per heavy atom. The van der Waals surface area contributed by atoms with Gasteiger partial charge in [0.2, 0.25) is 0 Å². The lowest BCUT2D eigenvalue weighted by molar-refractivity contribution is 0.0757. The first-order valence-corrected chi connectivity index (χ1v) is 11.1. The average molecular weight is 465 g/mol. The number of nitrogens with zero attached hydrogens (tertiary/aromatic N) is 4. The van der Waals surface area contributed by atoms with E-state index >= 15 is 0 Å². The van der Waals surface area contributed by atoms with Gasteiger partial charge in [0.05, 0.1) is 23.4 Å². The Hall–Kier alpha value is -3.49. The Morgan fingerprint density at radius 2 is 1.97 bits per heavy atom. The summed E-state index contributed by atoms with van der Waals surface area (Å²) in [5, 5.41) is 7.98. The first-order chi connectivity index (χ1) is 15.9. The van der Waals surface area contributed by atoms with E-state index < -0.39 is 0 Å². The van der Waals surface area contributed by atoms with E-state index in [1.165, 1.54) is 4.68 Å². The van der Waals surface area contributed by atoms with Gasteiger partial charge in [0.15, 0.2) is 5.65 Å². The van der Waals surface area contributed by atoms with Gasteiger partial charge in [0.1, 0.15) is 16.9 Å². The molecular weight excluding hydrogens is 440 g/mol. The molecule has 2 heterocycles. The monoisotopic (exact) mass is 464 g/mol. The summed E-state index contributed by atoms with van der Waals surface area (Å²) in [6.45, 7) is 4.95. The molecule has 170 valence electrons. The summed E-state index contributed by atoms with van der Waals surface area (Å²) in [4.78, 5) is 22.4. The lowest BCUT2D eigenvalue weighted by Gasteiger charge is -2.08. The van der Waals surface area contributed by atoms with Gasteiger partial charge in [0.25, 0.3) is 5.91 Å². The van der Waals surface area contributed by atoms with Crippen LogP contribution in [0.4, 0.5) is 5.82 Å². The van der Waals surface area contributed by atoms with Crippen molar-refractivity contribution in [1.82, 2.24) is 20.0 Å². The quantitative estimate of drug-likeness (QED) is 0.299. The van der Waals surface area contributed by atoms with Gasteiger partial charge in [-0.2, -0.15) is 9.78 Å². The number of hydrogen-bond acceptors (Lipinski definition) is 6. The summed E-state index contributed by atoms with van der Waals surface area (Å²) in [6.07, 6.45) is 2.45. The third kappa shape index (κ3) is 5.13. The standard InChI is InChI=1S/C24H25ClN6O2/c1-15(2)33-12-6-11-27-24(32)20-21-23(30-19-10-4-3-9-18(19)29-21)31(22(20)26)28-14-16-7-5-8-17(25)13-16/h3-5,7-10,13-15H,6,11-12,26H2,1-2H3,(H,27,32)/b28-14-. The maximum absolute atomic E-state index is 13.1. The van der Waals surface area contributed by atoms with E-state index in [0.717, 1.165) is 5.56 Å². The van der Waals surface area contributed by atoms with Crippen LogP contribution in [-0.2, 0) is 4.74 Å². The van der Waals surface area contributed by atoms with Crippen molar-refractivity contribution < 1.29 is 9.53 Å². The molecule has 0 aliphatic heterocycles. The Bertz CT molecular complexity index is 1330.